The zero-order chi connectivity index (χ0) is 13.3. The third-order valence-electron chi connectivity index (χ3n) is 1.69. The van der Waals surface area contributed by atoms with E-state index in [9.17, 15) is 8.42 Å². The number of halogens is 2. The molecule has 0 spiro atoms. The van der Waals surface area contributed by atoms with E-state index in [1.165, 1.54) is 6.20 Å². The van der Waals surface area contributed by atoms with Gasteiger partial charge in [-0.15, -0.1) is 0 Å². The van der Waals surface area contributed by atoms with E-state index in [1.54, 1.807) is 6.07 Å². The van der Waals surface area contributed by atoms with Gasteiger partial charge in [0.2, 0.25) is 10.0 Å². The number of rotatable bonds is 3. The number of hydrogen-bond donors (Lipinski definition) is 1. The molecule has 17 heavy (non-hydrogen) atoms. The van der Waals surface area contributed by atoms with Crippen molar-refractivity contribution in [3.8, 4) is 0 Å². The second-order valence-electron chi connectivity index (χ2n) is 4.91. The Morgan fingerprint density at radius 2 is 2.06 bits per heavy atom. The molecule has 0 bridgehead atoms. The Hall–Kier alpha value is -0.330. The summed E-state index contributed by atoms with van der Waals surface area (Å²) >= 11 is 9.02. The van der Waals surface area contributed by atoms with Crippen molar-refractivity contribution in [2.24, 2.45) is 5.41 Å². The molecule has 0 aromatic carbocycles. The maximum atomic E-state index is 11.9. The fourth-order valence-corrected chi connectivity index (χ4v) is 3.51. The van der Waals surface area contributed by atoms with Crippen molar-refractivity contribution in [3.63, 3.8) is 0 Å². The fourth-order valence-electron chi connectivity index (χ4n) is 1.27. The molecule has 0 aliphatic carbocycles. The van der Waals surface area contributed by atoms with Gasteiger partial charge in [0.25, 0.3) is 0 Å². The minimum Gasteiger partial charge on any atom is -0.280 e. The van der Waals surface area contributed by atoms with Gasteiger partial charge in [-0.2, -0.15) is 0 Å². The summed E-state index contributed by atoms with van der Waals surface area (Å²) in [7, 11) is -3.43. The van der Waals surface area contributed by atoms with Crippen LogP contribution in [0, 0.1) is 5.41 Å². The van der Waals surface area contributed by atoms with E-state index in [4.69, 9.17) is 11.6 Å². The van der Waals surface area contributed by atoms with Crippen LogP contribution in [-0.2, 0) is 10.0 Å². The lowest BCUT2D eigenvalue weighted by atomic mass is 10.0. The molecular weight excluding hydrogens is 328 g/mol. The highest BCUT2D eigenvalue weighted by atomic mass is 79.9. The van der Waals surface area contributed by atoms with Crippen LogP contribution in [-0.4, -0.2) is 19.2 Å². The predicted molar refractivity (Wildman–Crippen MR) is 73.8 cm³/mol. The van der Waals surface area contributed by atoms with Gasteiger partial charge in [0.15, 0.2) is 5.15 Å². The molecule has 0 fully saturated rings. The normalized spacial score (nSPS) is 12.5. The van der Waals surface area contributed by atoms with Crippen LogP contribution in [0.4, 0.5) is 5.69 Å². The smallest absolute Gasteiger partial charge is 0.233 e. The van der Waals surface area contributed by atoms with Gasteiger partial charge >= 0.3 is 0 Å². The Morgan fingerprint density at radius 1 is 1.47 bits per heavy atom. The Balaban J connectivity index is 2.94. The molecule has 0 amide bonds. The minimum absolute atomic E-state index is 0.0167. The Bertz CT molecular complexity index is 512. The Morgan fingerprint density at radius 3 is 2.59 bits per heavy atom. The van der Waals surface area contributed by atoms with Crippen LogP contribution in [0.5, 0.6) is 0 Å². The molecule has 0 radical (unpaired) electrons. The van der Waals surface area contributed by atoms with Gasteiger partial charge in [0, 0.05) is 10.7 Å². The molecule has 1 aromatic heterocycles. The number of pyridine rings is 1. The first-order valence-corrected chi connectivity index (χ1v) is 7.73. The number of nitrogens with zero attached hydrogens (tertiary/aromatic N) is 1. The standard InChI is InChI=1S/C10H14BrClN2O2S/c1-10(2,3)6-17(15,16)14-8-4-7(11)5-13-9(8)12/h4-5,14H,6H2,1-3H3. The number of nitrogens with one attached hydrogen (secondary N) is 1. The highest BCUT2D eigenvalue weighted by molar-refractivity contribution is 9.10. The zero-order valence-electron chi connectivity index (χ0n) is 9.79. The van der Waals surface area contributed by atoms with Crippen LogP contribution >= 0.6 is 27.5 Å². The van der Waals surface area contributed by atoms with Crippen molar-refractivity contribution in [3.05, 3.63) is 21.9 Å². The largest absolute Gasteiger partial charge is 0.280 e. The van der Waals surface area contributed by atoms with Crippen molar-refractivity contribution in [1.29, 1.82) is 0 Å². The maximum Gasteiger partial charge on any atom is 0.233 e. The van der Waals surface area contributed by atoms with Crippen LogP contribution < -0.4 is 4.72 Å². The minimum atomic E-state index is -3.43. The molecule has 1 rings (SSSR count). The SMILES string of the molecule is CC(C)(C)CS(=O)(=O)Nc1cc(Br)cnc1Cl. The van der Waals surface area contributed by atoms with Crippen molar-refractivity contribution < 1.29 is 8.42 Å². The van der Waals surface area contributed by atoms with E-state index in [-0.39, 0.29) is 22.0 Å². The summed E-state index contributed by atoms with van der Waals surface area (Å²) in [4.78, 5) is 3.85. The molecule has 0 saturated carbocycles. The number of sulfonamides is 1. The number of aromatic nitrogens is 1. The Labute approximate surface area is 115 Å². The van der Waals surface area contributed by atoms with Gasteiger partial charge in [-0.05, 0) is 27.4 Å². The van der Waals surface area contributed by atoms with E-state index >= 15 is 0 Å². The quantitative estimate of drug-likeness (QED) is 0.858. The zero-order valence-corrected chi connectivity index (χ0v) is 12.9. The van der Waals surface area contributed by atoms with E-state index in [1.807, 2.05) is 20.8 Å². The van der Waals surface area contributed by atoms with Gasteiger partial charge in [-0.25, -0.2) is 13.4 Å². The van der Waals surface area contributed by atoms with Crippen LogP contribution in [0.15, 0.2) is 16.7 Å². The molecule has 4 nitrogen and oxygen atoms in total. The molecular formula is C10H14BrClN2O2S. The Kier molecular flexibility index (Phi) is 4.43. The van der Waals surface area contributed by atoms with Crippen molar-refractivity contribution in [2.45, 2.75) is 20.8 Å². The molecule has 0 aliphatic heterocycles. The van der Waals surface area contributed by atoms with E-state index in [0.29, 0.717) is 4.47 Å². The predicted octanol–water partition coefficient (Wildman–Crippen LogP) is 3.29. The molecule has 0 unspecified atom stereocenters. The summed E-state index contributed by atoms with van der Waals surface area (Å²) in [5.41, 5.74) is -0.0390. The van der Waals surface area contributed by atoms with Crippen molar-refractivity contribution in [1.82, 2.24) is 4.98 Å². The van der Waals surface area contributed by atoms with E-state index in [2.05, 4.69) is 25.6 Å². The van der Waals surface area contributed by atoms with Gasteiger partial charge in [0.1, 0.15) is 0 Å². The summed E-state index contributed by atoms with van der Waals surface area (Å²) in [6, 6.07) is 1.58. The number of hydrogen-bond acceptors (Lipinski definition) is 3. The highest BCUT2D eigenvalue weighted by Gasteiger charge is 2.22. The first-order valence-electron chi connectivity index (χ1n) is 4.91. The van der Waals surface area contributed by atoms with Crippen LogP contribution in [0.2, 0.25) is 5.15 Å². The molecule has 0 saturated heterocycles. The average Bonchev–Trinajstić information content (AvgIpc) is 2.06. The van der Waals surface area contributed by atoms with Crippen LogP contribution in [0.25, 0.3) is 0 Å². The first-order chi connectivity index (χ1) is 7.59. The molecule has 1 heterocycles. The maximum absolute atomic E-state index is 11.9. The molecule has 1 N–H and O–H groups in total. The third-order valence-corrected chi connectivity index (χ3v) is 4.21. The van der Waals surface area contributed by atoms with Gasteiger partial charge in [0.05, 0.1) is 11.4 Å². The summed E-state index contributed by atoms with van der Waals surface area (Å²) < 4.78 is 26.8. The van der Waals surface area contributed by atoms with Crippen molar-refractivity contribution >= 4 is 43.2 Å². The van der Waals surface area contributed by atoms with Gasteiger partial charge < -0.3 is 0 Å². The lowest BCUT2D eigenvalue weighted by Gasteiger charge is -2.19. The summed E-state index contributed by atoms with van der Waals surface area (Å²) in [5.74, 6) is 0.0167. The lowest BCUT2D eigenvalue weighted by Crippen LogP contribution is -2.26. The second-order valence-corrected chi connectivity index (χ2v) is 7.91. The molecule has 1 aromatic rings. The molecule has 96 valence electrons. The molecule has 7 heteroatoms. The topological polar surface area (TPSA) is 59.1 Å². The monoisotopic (exact) mass is 340 g/mol. The first kappa shape index (κ1) is 14.7. The van der Waals surface area contributed by atoms with Crippen molar-refractivity contribution in [2.75, 3.05) is 10.5 Å². The highest BCUT2D eigenvalue weighted by Crippen LogP contribution is 2.25. The summed E-state index contributed by atoms with van der Waals surface area (Å²) in [6.45, 7) is 5.56. The van der Waals surface area contributed by atoms with E-state index in [0.717, 1.165) is 0 Å². The lowest BCUT2D eigenvalue weighted by molar-refractivity contribution is 0.463. The fraction of sp³-hybridized carbons (Fsp3) is 0.500. The van der Waals surface area contributed by atoms with Crippen LogP contribution in [0.1, 0.15) is 20.8 Å². The second kappa shape index (κ2) is 5.12. The van der Waals surface area contributed by atoms with Gasteiger partial charge in [-0.1, -0.05) is 32.4 Å². The van der Waals surface area contributed by atoms with Crippen LogP contribution in [0.3, 0.4) is 0 Å². The molecule has 0 atom stereocenters. The summed E-state index contributed by atoms with van der Waals surface area (Å²) in [5, 5.41) is 0.130. The summed E-state index contributed by atoms with van der Waals surface area (Å²) in [6.07, 6.45) is 1.50. The third kappa shape index (κ3) is 5.23. The van der Waals surface area contributed by atoms with Gasteiger partial charge in [-0.3, -0.25) is 4.72 Å². The average molecular weight is 342 g/mol. The number of anilines is 1. The van der Waals surface area contributed by atoms with E-state index < -0.39 is 10.0 Å². The molecule has 0 aliphatic rings.